The minimum absolute atomic E-state index is 0.242. The van der Waals surface area contributed by atoms with Crippen molar-refractivity contribution < 1.29 is 8.78 Å². The lowest BCUT2D eigenvalue weighted by Gasteiger charge is -1.98. The predicted molar refractivity (Wildman–Crippen MR) is 69.3 cm³/mol. The molecule has 0 bridgehead atoms. The van der Waals surface area contributed by atoms with E-state index in [4.69, 9.17) is 5.73 Å². The van der Waals surface area contributed by atoms with E-state index < -0.39 is 11.6 Å². The van der Waals surface area contributed by atoms with E-state index in [1.165, 1.54) is 12.1 Å². The predicted octanol–water partition coefficient (Wildman–Crippen LogP) is 2.97. The molecule has 0 aliphatic carbocycles. The van der Waals surface area contributed by atoms with Gasteiger partial charge in [0.2, 0.25) is 0 Å². The molecule has 0 aliphatic heterocycles. The average Bonchev–Trinajstić information content (AvgIpc) is 2.80. The smallest absolute Gasteiger partial charge is 0.141 e. The first-order valence-electron chi connectivity index (χ1n) is 5.81. The Kier molecular flexibility index (Phi) is 2.76. The Morgan fingerprint density at radius 1 is 1.11 bits per heavy atom. The highest BCUT2D eigenvalue weighted by atomic mass is 19.1. The van der Waals surface area contributed by atoms with Gasteiger partial charge in [0, 0.05) is 12.6 Å². The van der Waals surface area contributed by atoms with Gasteiger partial charge in [-0.25, -0.2) is 13.8 Å². The number of hydrogen-bond acceptors (Lipinski definition) is 2. The highest BCUT2D eigenvalue weighted by Gasteiger charge is 2.11. The molecule has 1 heterocycles. The molecule has 0 saturated heterocycles. The van der Waals surface area contributed by atoms with Gasteiger partial charge < -0.3 is 10.7 Å². The zero-order valence-corrected chi connectivity index (χ0v) is 9.95. The van der Waals surface area contributed by atoms with Crippen molar-refractivity contribution in [3.05, 3.63) is 53.6 Å². The summed E-state index contributed by atoms with van der Waals surface area (Å²) in [7, 11) is 0. The molecule has 0 spiro atoms. The third kappa shape index (κ3) is 2.08. The minimum atomic E-state index is -0.641. The summed E-state index contributed by atoms with van der Waals surface area (Å²) < 4.78 is 26.6. The molecule has 2 aromatic carbocycles. The molecule has 0 saturated carbocycles. The summed E-state index contributed by atoms with van der Waals surface area (Å²) in [6.07, 6.45) is 0. The summed E-state index contributed by atoms with van der Waals surface area (Å²) >= 11 is 0. The van der Waals surface area contributed by atoms with Crippen molar-refractivity contribution in [1.82, 2.24) is 9.97 Å². The molecular formula is C14H11F2N3. The summed E-state index contributed by atoms with van der Waals surface area (Å²) in [5, 5.41) is 0. The van der Waals surface area contributed by atoms with Gasteiger partial charge in [-0.3, -0.25) is 0 Å². The van der Waals surface area contributed by atoms with E-state index in [1.807, 2.05) is 18.2 Å². The van der Waals surface area contributed by atoms with Crippen molar-refractivity contribution in [2.75, 3.05) is 0 Å². The number of aromatic nitrogens is 2. The standard InChI is InChI=1S/C14H11F2N3/c15-9-2-3-10(11(16)6-9)14-18-12-4-1-8(7-17)5-13(12)19-14/h1-6H,7,17H2,(H,18,19). The second kappa shape index (κ2) is 4.44. The second-order valence-corrected chi connectivity index (χ2v) is 4.27. The van der Waals surface area contributed by atoms with E-state index in [-0.39, 0.29) is 5.56 Å². The van der Waals surface area contributed by atoms with Crippen molar-refractivity contribution in [3.63, 3.8) is 0 Å². The molecule has 3 rings (SSSR count). The molecule has 0 amide bonds. The Balaban J connectivity index is 2.14. The third-order valence-electron chi connectivity index (χ3n) is 2.97. The number of nitrogens with zero attached hydrogens (tertiary/aromatic N) is 1. The minimum Gasteiger partial charge on any atom is -0.338 e. The number of fused-ring (bicyclic) bond motifs is 1. The Bertz CT molecular complexity index is 750. The lowest BCUT2D eigenvalue weighted by atomic mass is 10.2. The van der Waals surface area contributed by atoms with Crippen LogP contribution in [-0.2, 0) is 6.54 Å². The molecule has 5 heteroatoms. The van der Waals surface area contributed by atoms with Crippen molar-refractivity contribution in [3.8, 4) is 11.4 Å². The molecule has 19 heavy (non-hydrogen) atoms. The summed E-state index contributed by atoms with van der Waals surface area (Å²) in [5.41, 5.74) is 8.26. The first-order valence-corrected chi connectivity index (χ1v) is 5.81. The van der Waals surface area contributed by atoms with E-state index >= 15 is 0 Å². The van der Waals surface area contributed by atoms with Crippen molar-refractivity contribution in [2.45, 2.75) is 6.54 Å². The maximum absolute atomic E-state index is 13.7. The third-order valence-corrected chi connectivity index (χ3v) is 2.97. The molecule has 0 fully saturated rings. The van der Waals surface area contributed by atoms with Gasteiger partial charge >= 0.3 is 0 Å². The van der Waals surface area contributed by atoms with Crippen LogP contribution in [0.25, 0.3) is 22.4 Å². The summed E-state index contributed by atoms with van der Waals surface area (Å²) in [6.45, 7) is 0.426. The average molecular weight is 259 g/mol. The largest absolute Gasteiger partial charge is 0.338 e. The van der Waals surface area contributed by atoms with Crippen LogP contribution in [0.4, 0.5) is 8.78 Å². The number of aromatic amines is 1. The highest BCUT2D eigenvalue weighted by molar-refractivity contribution is 5.80. The van der Waals surface area contributed by atoms with Gasteiger partial charge in [-0.1, -0.05) is 6.07 Å². The molecule has 0 radical (unpaired) electrons. The van der Waals surface area contributed by atoms with Gasteiger partial charge in [0.25, 0.3) is 0 Å². The number of imidazole rings is 1. The fourth-order valence-electron chi connectivity index (χ4n) is 1.99. The maximum Gasteiger partial charge on any atom is 0.141 e. The fourth-order valence-corrected chi connectivity index (χ4v) is 1.99. The van der Waals surface area contributed by atoms with Crippen LogP contribution in [0.1, 0.15) is 5.56 Å². The van der Waals surface area contributed by atoms with E-state index in [1.54, 1.807) is 0 Å². The van der Waals surface area contributed by atoms with E-state index in [2.05, 4.69) is 9.97 Å². The number of halogens is 2. The summed E-state index contributed by atoms with van der Waals surface area (Å²) in [4.78, 5) is 7.31. The van der Waals surface area contributed by atoms with Crippen LogP contribution < -0.4 is 5.73 Å². The van der Waals surface area contributed by atoms with Crippen LogP contribution in [0, 0.1) is 11.6 Å². The fraction of sp³-hybridized carbons (Fsp3) is 0.0714. The summed E-state index contributed by atoms with van der Waals surface area (Å²) in [6, 6.07) is 8.97. The quantitative estimate of drug-likeness (QED) is 0.743. The summed E-state index contributed by atoms with van der Waals surface area (Å²) in [5.74, 6) is -0.873. The Labute approximate surface area is 108 Å². The molecular weight excluding hydrogens is 248 g/mol. The molecule has 0 unspecified atom stereocenters. The molecule has 3 nitrogen and oxygen atoms in total. The SMILES string of the molecule is NCc1ccc2nc(-c3ccc(F)cc3F)[nH]c2c1. The van der Waals surface area contributed by atoms with E-state index in [0.717, 1.165) is 22.7 Å². The van der Waals surface area contributed by atoms with Crippen LogP contribution in [0.15, 0.2) is 36.4 Å². The van der Waals surface area contributed by atoms with Gasteiger partial charge in [0.15, 0.2) is 0 Å². The van der Waals surface area contributed by atoms with Gasteiger partial charge in [-0.15, -0.1) is 0 Å². The molecule has 1 aromatic heterocycles. The van der Waals surface area contributed by atoms with Crippen molar-refractivity contribution in [2.24, 2.45) is 5.73 Å². The normalized spacial score (nSPS) is 11.1. The second-order valence-electron chi connectivity index (χ2n) is 4.27. The molecule has 96 valence electrons. The number of benzene rings is 2. The first kappa shape index (κ1) is 11.8. The van der Waals surface area contributed by atoms with Gasteiger partial charge in [-0.05, 0) is 29.8 Å². The Hall–Kier alpha value is -2.27. The zero-order chi connectivity index (χ0) is 13.4. The molecule has 0 aliphatic rings. The van der Waals surface area contributed by atoms with Crippen LogP contribution >= 0.6 is 0 Å². The number of nitrogens with two attached hydrogens (primary N) is 1. The Morgan fingerprint density at radius 2 is 1.95 bits per heavy atom. The van der Waals surface area contributed by atoms with Gasteiger partial charge in [0.1, 0.15) is 17.5 Å². The Morgan fingerprint density at radius 3 is 2.68 bits per heavy atom. The lowest BCUT2D eigenvalue weighted by molar-refractivity contribution is 0.585. The van der Waals surface area contributed by atoms with Crippen molar-refractivity contribution >= 4 is 11.0 Å². The zero-order valence-electron chi connectivity index (χ0n) is 9.95. The van der Waals surface area contributed by atoms with Crippen LogP contribution in [0.5, 0.6) is 0 Å². The molecule has 0 atom stereocenters. The maximum atomic E-state index is 13.7. The van der Waals surface area contributed by atoms with Crippen molar-refractivity contribution in [1.29, 1.82) is 0 Å². The topological polar surface area (TPSA) is 54.7 Å². The van der Waals surface area contributed by atoms with Crippen LogP contribution in [0.2, 0.25) is 0 Å². The van der Waals surface area contributed by atoms with Gasteiger partial charge in [-0.2, -0.15) is 0 Å². The number of H-pyrrole nitrogens is 1. The van der Waals surface area contributed by atoms with Crippen LogP contribution in [-0.4, -0.2) is 9.97 Å². The number of hydrogen-bond donors (Lipinski definition) is 2. The highest BCUT2D eigenvalue weighted by Crippen LogP contribution is 2.24. The lowest BCUT2D eigenvalue weighted by Crippen LogP contribution is -1.95. The van der Waals surface area contributed by atoms with E-state index in [9.17, 15) is 8.78 Å². The number of nitrogens with one attached hydrogen (secondary N) is 1. The monoisotopic (exact) mass is 259 g/mol. The van der Waals surface area contributed by atoms with Crippen LogP contribution in [0.3, 0.4) is 0 Å². The van der Waals surface area contributed by atoms with E-state index in [0.29, 0.717) is 12.4 Å². The molecule has 3 N–H and O–H groups in total. The first-order chi connectivity index (χ1) is 9.17. The number of rotatable bonds is 2. The molecule has 3 aromatic rings. The van der Waals surface area contributed by atoms with Gasteiger partial charge in [0.05, 0.1) is 16.6 Å².